The molecule has 0 aromatic carbocycles. The molecule has 0 aromatic heterocycles. The number of quaternary nitrogens is 1. The van der Waals surface area contributed by atoms with Crippen molar-refractivity contribution in [3.8, 4) is 0 Å². The molecule has 0 aliphatic carbocycles. The van der Waals surface area contributed by atoms with Crippen LogP contribution in [0, 0.1) is 0 Å². The first-order chi connectivity index (χ1) is 3.81. The molecule has 46 valence electrons. The molecule has 0 fully saturated rings. The van der Waals surface area contributed by atoms with Crippen LogP contribution >= 0.6 is 0 Å². The molecule has 2 N–H and O–H groups in total. The molecule has 2 heteroatoms. The van der Waals surface area contributed by atoms with E-state index < -0.39 is 0 Å². The van der Waals surface area contributed by atoms with Gasteiger partial charge in [0.2, 0.25) is 0 Å². The first-order valence-corrected chi connectivity index (χ1v) is 2.56. The third-order valence-electron chi connectivity index (χ3n) is 0.760. The van der Waals surface area contributed by atoms with Crippen molar-refractivity contribution in [1.29, 1.82) is 0 Å². The summed E-state index contributed by atoms with van der Waals surface area (Å²) in [6, 6.07) is 0. The van der Waals surface area contributed by atoms with Crippen molar-refractivity contribution >= 4 is 0 Å². The summed E-state index contributed by atoms with van der Waals surface area (Å²) in [7, 11) is 0. The van der Waals surface area contributed by atoms with Crippen LogP contribution in [-0.4, -0.2) is 18.3 Å². The second-order valence-corrected chi connectivity index (χ2v) is 1.55. The average Bonchev–Trinajstić information content (AvgIpc) is 1.68. The van der Waals surface area contributed by atoms with Gasteiger partial charge in [-0.05, 0) is 12.2 Å². The fourth-order valence-electron chi connectivity index (χ4n) is 0.417. The Morgan fingerprint density at radius 1 is 1.25 bits per heavy atom. The van der Waals surface area contributed by atoms with Gasteiger partial charge in [-0.2, -0.15) is 5.06 Å². The van der Waals surface area contributed by atoms with Gasteiger partial charge in [-0.3, -0.25) is 0 Å². The fourth-order valence-corrected chi connectivity index (χ4v) is 0.417. The second-order valence-electron chi connectivity index (χ2n) is 1.55. The zero-order valence-electron chi connectivity index (χ0n) is 4.93. The lowest BCUT2D eigenvalue weighted by Gasteiger charge is -2.02. The van der Waals surface area contributed by atoms with Crippen LogP contribution in [0.25, 0.3) is 0 Å². The number of hydroxylamine groups is 2. The molecular weight excluding hydrogens is 102 g/mol. The summed E-state index contributed by atoms with van der Waals surface area (Å²) in [6.45, 7) is 8.09. The third-order valence-corrected chi connectivity index (χ3v) is 0.760. The van der Waals surface area contributed by atoms with E-state index in [1.165, 1.54) is 0 Å². The number of hydrogen-bond donors (Lipinski definition) is 2. The molecule has 0 radical (unpaired) electrons. The Balaban J connectivity index is 3.16. The van der Waals surface area contributed by atoms with E-state index in [2.05, 4.69) is 13.2 Å². The number of rotatable bonds is 4. The lowest BCUT2D eigenvalue weighted by atomic mass is 10.5. The summed E-state index contributed by atoms with van der Waals surface area (Å²) in [5.41, 5.74) is 0. The number of nitrogens with one attached hydrogen (secondary N) is 1. The average molecular weight is 114 g/mol. The van der Waals surface area contributed by atoms with Crippen molar-refractivity contribution in [2.45, 2.75) is 0 Å². The maximum Gasteiger partial charge on any atom is 0.125 e. The van der Waals surface area contributed by atoms with E-state index in [0.29, 0.717) is 18.2 Å². The molecule has 2 nitrogen and oxygen atoms in total. The number of hydrogen-bond acceptors (Lipinski definition) is 1. The fraction of sp³-hybridized carbons (Fsp3) is 0.333. The zero-order valence-corrected chi connectivity index (χ0v) is 4.93. The Labute approximate surface area is 49.7 Å². The molecule has 0 rings (SSSR count). The van der Waals surface area contributed by atoms with E-state index in [0.717, 1.165) is 0 Å². The molecule has 0 aliphatic rings. The van der Waals surface area contributed by atoms with E-state index in [-0.39, 0.29) is 0 Å². The quantitative estimate of drug-likeness (QED) is 0.378. The molecule has 0 heterocycles. The maximum atomic E-state index is 8.82. The van der Waals surface area contributed by atoms with Gasteiger partial charge in [0.05, 0.1) is 0 Å². The highest BCUT2D eigenvalue weighted by molar-refractivity contribution is 4.65. The predicted molar refractivity (Wildman–Crippen MR) is 32.9 cm³/mol. The minimum Gasteiger partial charge on any atom is -0.218 e. The van der Waals surface area contributed by atoms with Crippen LogP contribution in [0.3, 0.4) is 0 Å². The molecule has 8 heavy (non-hydrogen) atoms. The minimum atomic E-state index is 0.426. The molecule has 0 atom stereocenters. The topological polar surface area (TPSA) is 24.7 Å². The highest BCUT2D eigenvalue weighted by atomic mass is 16.5. The molecule has 0 amide bonds. The summed E-state index contributed by atoms with van der Waals surface area (Å²) in [6.07, 6.45) is 3.33. The third kappa shape index (κ3) is 3.59. The van der Waals surface area contributed by atoms with Crippen molar-refractivity contribution in [2.24, 2.45) is 0 Å². The summed E-state index contributed by atoms with van der Waals surface area (Å²) in [4.78, 5) is 0. The lowest BCUT2D eigenvalue weighted by molar-refractivity contribution is -1.08. The zero-order chi connectivity index (χ0) is 6.41. The second kappa shape index (κ2) is 4.56. The van der Waals surface area contributed by atoms with Crippen molar-refractivity contribution in [3.63, 3.8) is 0 Å². The van der Waals surface area contributed by atoms with Gasteiger partial charge in [-0.1, -0.05) is 13.2 Å². The van der Waals surface area contributed by atoms with Crippen molar-refractivity contribution < 1.29 is 10.3 Å². The van der Waals surface area contributed by atoms with Gasteiger partial charge in [-0.25, -0.2) is 5.21 Å². The lowest BCUT2D eigenvalue weighted by Crippen LogP contribution is -3.09. The van der Waals surface area contributed by atoms with E-state index in [9.17, 15) is 0 Å². The minimum absolute atomic E-state index is 0.426. The van der Waals surface area contributed by atoms with Gasteiger partial charge in [0.1, 0.15) is 13.1 Å². The Morgan fingerprint density at radius 2 is 1.62 bits per heavy atom. The Bertz CT molecular complexity index is 70.6. The Hall–Kier alpha value is -0.600. The van der Waals surface area contributed by atoms with Gasteiger partial charge in [0.15, 0.2) is 0 Å². The van der Waals surface area contributed by atoms with Crippen LogP contribution in [0.2, 0.25) is 0 Å². The summed E-state index contributed by atoms with van der Waals surface area (Å²) in [5, 5.41) is 9.25. The standard InChI is InChI=1S/C6H11NO/c1-3-5-7(8)6-4-2/h3-4,8H,1-2,5-6H2/p+1. The molecule has 0 unspecified atom stereocenters. The van der Waals surface area contributed by atoms with Gasteiger partial charge >= 0.3 is 0 Å². The summed E-state index contributed by atoms with van der Waals surface area (Å²) < 4.78 is 0. The van der Waals surface area contributed by atoms with Crippen LogP contribution in [0.5, 0.6) is 0 Å². The maximum absolute atomic E-state index is 8.82. The van der Waals surface area contributed by atoms with E-state index in [1.807, 2.05) is 0 Å². The first kappa shape index (κ1) is 7.40. The predicted octanol–water partition coefficient (Wildman–Crippen LogP) is -0.368. The van der Waals surface area contributed by atoms with Crippen molar-refractivity contribution in [3.05, 3.63) is 25.3 Å². The first-order valence-electron chi connectivity index (χ1n) is 2.56. The Morgan fingerprint density at radius 3 is 1.88 bits per heavy atom. The van der Waals surface area contributed by atoms with Crippen LogP contribution in [0.15, 0.2) is 25.3 Å². The van der Waals surface area contributed by atoms with Crippen LogP contribution in [0.4, 0.5) is 0 Å². The molecule has 0 spiro atoms. The van der Waals surface area contributed by atoms with Crippen LogP contribution in [0.1, 0.15) is 0 Å². The Kier molecular flexibility index (Phi) is 4.21. The molecule has 0 aromatic rings. The van der Waals surface area contributed by atoms with Gasteiger partial charge in [0.25, 0.3) is 0 Å². The highest BCUT2D eigenvalue weighted by Crippen LogP contribution is 1.51. The van der Waals surface area contributed by atoms with Crippen molar-refractivity contribution in [2.75, 3.05) is 13.1 Å². The normalized spacial score (nSPS) is 9.25. The summed E-state index contributed by atoms with van der Waals surface area (Å²) >= 11 is 0. The van der Waals surface area contributed by atoms with E-state index >= 15 is 0 Å². The SMILES string of the molecule is C=CC[NH+](O)CC=C. The largest absolute Gasteiger partial charge is 0.218 e. The van der Waals surface area contributed by atoms with E-state index in [1.54, 1.807) is 12.2 Å². The molecule has 0 aliphatic heterocycles. The smallest absolute Gasteiger partial charge is 0.125 e. The monoisotopic (exact) mass is 114 g/mol. The molecule has 0 saturated heterocycles. The molecule has 0 bridgehead atoms. The molecular formula is C6H12NO+. The highest BCUT2D eigenvalue weighted by Gasteiger charge is 1.93. The van der Waals surface area contributed by atoms with Gasteiger partial charge in [-0.15, -0.1) is 0 Å². The van der Waals surface area contributed by atoms with Gasteiger partial charge in [0, 0.05) is 0 Å². The van der Waals surface area contributed by atoms with Crippen LogP contribution in [-0.2, 0) is 0 Å². The van der Waals surface area contributed by atoms with Gasteiger partial charge < -0.3 is 0 Å². The van der Waals surface area contributed by atoms with Crippen molar-refractivity contribution in [1.82, 2.24) is 0 Å². The molecule has 0 saturated carbocycles. The summed E-state index contributed by atoms with van der Waals surface area (Å²) in [5.74, 6) is 0. The van der Waals surface area contributed by atoms with Crippen LogP contribution < -0.4 is 5.06 Å². The van der Waals surface area contributed by atoms with E-state index in [4.69, 9.17) is 5.21 Å².